The van der Waals surface area contributed by atoms with Crippen molar-refractivity contribution in [2.45, 2.75) is 23.0 Å². The zero-order valence-electron chi connectivity index (χ0n) is 6.01. The van der Waals surface area contributed by atoms with Gasteiger partial charge in [0.1, 0.15) is 0 Å². The quantitative estimate of drug-likeness (QED) is 0.678. The van der Waals surface area contributed by atoms with Crippen LogP contribution in [0, 0.1) is 6.07 Å². The molecule has 2 heteroatoms. The maximum atomic E-state index is 5.94. The molecule has 57 valence electrons. The molecule has 0 unspecified atom stereocenters. The maximum absolute atomic E-state index is 5.94. The van der Waals surface area contributed by atoms with Gasteiger partial charge in [0.2, 0.25) is 0 Å². The van der Waals surface area contributed by atoms with Crippen molar-refractivity contribution in [3.8, 4) is 0 Å². The van der Waals surface area contributed by atoms with Crippen molar-refractivity contribution in [3.63, 3.8) is 0 Å². The number of halogens is 1. The zero-order chi connectivity index (χ0) is 7.68. The van der Waals surface area contributed by atoms with Crippen LogP contribution in [-0.4, -0.2) is 5.25 Å². The lowest BCUT2D eigenvalue weighted by Crippen LogP contribution is -1.75. The SMILES string of the molecule is Clc1c[c]ccc1SC1CC1. The fraction of sp³-hybridized carbons (Fsp3) is 0.333. The predicted molar refractivity (Wildman–Crippen MR) is 49.2 cm³/mol. The van der Waals surface area contributed by atoms with E-state index >= 15 is 0 Å². The van der Waals surface area contributed by atoms with Crippen LogP contribution in [0.25, 0.3) is 0 Å². The maximum Gasteiger partial charge on any atom is 0.0548 e. The van der Waals surface area contributed by atoms with E-state index in [-0.39, 0.29) is 0 Å². The molecule has 1 fully saturated rings. The van der Waals surface area contributed by atoms with Gasteiger partial charge in [-0.3, -0.25) is 0 Å². The molecule has 0 bridgehead atoms. The molecule has 1 aliphatic carbocycles. The van der Waals surface area contributed by atoms with Gasteiger partial charge in [0.15, 0.2) is 0 Å². The van der Waals surface area contributed by atoms with Crippen LogP contribution in [-0.2, 0) is 0 Å². The number of rotatable bonds is 2. The van der Waals surface area contributed by atoms with Crippen LogP contribution in [0.4, 0.5) is 0 Å². The van der Waals surface area contributed by atoms with E-state index in [4.69, 9.17) is 11.6 Å². The Kier molecular flexibility index (Phi) is 2.10. The molecule has 11 heavy (non-hydrogen) atoms. The number of hydrogen-bond donors (Lipinski definition) is 0. The van der Waals surface area contributed by atoms with Gasteiger partial charge in [0.25, 0.3) is 0 Å². The van der Waals surface area contributed by atoms with E-state index in [0.29, 0.717) is 0 Å². The molecule has 0 aromatic heterocycles. The van der Waals surface area contributed by atoms with Gasteiger partial charge in [0.05, 0.1) is 5.02 Å². The van der Waals surface area contributed by atoms with Crippen molar-refractivity contribution in [2.75, 3.05) is 0 Å². The highest BCUT2D eigenvalue weighted by molar-refractivity contribution is 8.00. The molecule has 1 saturated carbocycles. The first-order valence-electron chi connectivity index (χ1n) is 3.68. The summed E-state index contributed by atoms with van der Waals surface area (Å²) in [5.74, 6) is 0. The summed E-state index contributed by atoms with van der Waals surface area (Å²) in [6, 6.07) is 8.72. The molecule has 0 saturated heterocycles. The summed E-state index contributed by atoms with van der Waals surface area (Å²) in [5, 5.41) is 1.67. The van der Waals surface area contributed by atoms with E-state index in [1.165, 1.54) is 17.7 Å². The number of thioether (sulfide) groups is 1. The summed E-state index contributed by atoms with van der Waals surface area (Å²) in [7, 11) is 0. The van der Waals surface area contributed by atoms with Gasteiger partial charge in [-0.1, -0.05) is 17.7 Å². The normalized spacial score (nSPS) is 16.8. The fourth-order valence-corrected chi connectivity index (χ4v) is 2.17. The second kappa shape index (κ2) is 3.08. The van der Waals surface area contributed by atoms with E-state index in [9.17, 15) is 0 Å². The van der Waals surface area contributed by atoms with Gasteiger partial charge in [-0.05, 0) is 31.0 Å². The van der Waals surface area contributed by atoms with Crippen molar-refractivity contribution in [1.29, 1.82) is 0 Å². The molecule has 0 atom stereocenters. The largest absolute Gasteiger partial charge is 0.121 e. The number of benzene rings is 1. The smallest absolute Gasteiger partial charge is 0.0548 e. The summed E-state index contributed by atoms with van der Waals surface area (Å²) in [4.78, 5) is 1.20. The molecular weight excluding hydrogens is 176 g/mol. The van der Waals surface area contributed by atoms with Gasteiger partial charge in [-0.25, -0.2) is 0 Å². The van der Waals surface area contributed by atoms with Gasteiger partial charge in [0, 0.05) is 10.1 Å². The lowest BCUT2D eigenvalue weighted by atomic mass is 10.4. The number of hydrogen-bond acceptors (Lipinski definition) is 1. The topological polar surface area (TPSA) is 0 Å². The van der Waals surface area contributed by atoms with E-state index < -0.39 is 0 Å². The van der Waals surface area contributed by atoms with Crippen LogP contribution in [0.5, 0.6) is 0 Å². The predicted octanol–water partition coefficient (Wildman–Crippen LogP) is 3.39. The summed E-state index contributed by atoms with van der Waals surface area (Å²) >= 11 is 7.83. The van der Waals surface area contributed by atoms with Gasteiger partial charge < -0.3 is 0 Å². The lowest BCUT2D eigenvalue weighted by Gasteiger charge is -1.99. The van der Waals surface area contributed by atoms with E-state index in [1.807, 2.05) is 30.0 Å². The molecular formula is C9H8ClS. The molecule has 1 aromatic rings. The first-order chi connectivity index (χ1) is 5.36. The first-order valence-corrected chi connectivity index (χ1v) is 4.94. The van der Waals surface area contributed by atoms with Crippen LogP contribution in [0.3, 0.4) is 0 Å². The Bertz CT molecular complexity index is 255. The third-order valence-electron chi connectivity index (χ3n) is 1.59. The molecule has 0 heterocycles. The minimum Gasteiger partial charge on any atom is -0.121 e. The Labute approximate surface area is 75.9 Å². The van der Waals surface area contributed by atoms with Crippen LogP contribution >= 0.6 is 23.4 Å². The van der Waals surface area contributed by atoms with E-state index in [0.717, 1.165) is 10.3 Å². The molecule has 0 aliphatic heterocycles. The third kappa shape index (κ3) is 1.91. The monoisotopic (exact) mass is 183 g/mol. The zero-order valence-corrected chi connectivity index (χ0v) is 7.58. The van der Waals surface area contributed by atoms with Crippen LogP contribution in [0.2, 0.25) is 5.02 Å². The second-order valence-corrected chi connectivity index (χ2v) is 4.42. The molecule has 1 aliphatic rings. The Morgan fingerprint density at radius 1 is 1.55 bits per heavy atom. The Morgan fingerprint density at radius 2 is 2.36 bits per heavy atom. The highest BCUT2D eigenvalue weighted by Crippen LogP contribution is 2.41. The van der Waals surface area contributed by atoms with Crippen molar-refractivity contribution < 1.29 is 0 Å². The molecule has 1 radical (unpaired) electrons. The summed E-state index contributed by atoms with van der Waals surface area (Å²) in [6.07, 6.45) is 2.69. The van der Waals surface area contributed by atoms with Crippen molar-refractivity contribution in [2.24, 2.45) is 0 Å². The lowest BCUT2D eigenvalue weighted by molar-refractivity contribution is 1.41. The third-order valence-corrected chi connectivity index (χ3v) is 3.43. The van der Waals surface area contributed by atoms with Gasteiger partial charge >= 0.3 is 0 Å². The van der Waals surface area contributed by atoms with Crippen molar-refractivity contribution in [3.05, 3.63) is 29.3 Å². The minimum absolute atomic E-state index is 0.829. The average Bonchev–Trinajstić information content (AvgIpc) is 2.78. The van der Waals surface area contributed by atoms with E-state index in [2.05, 4.69) is 6.07 Å². The second-order valence-electron chi connectivity index (χ2n) is 2.67. The molecule has 0 amide bonds. The Morgan fingerprint density at radius 3 is 3.00 bits per heavy atom. The fourth-order valence-electron chi connectivity index (χ4n) is 0.857. The molecule has 0 nitrogen and oxygen atoms in total. The first kappa shape index (κ1) is 7.51. The van der Waals surface area contributed by atoms with E-state index in [1.54, 1.807) is 0 Å². The summed E-state index contributed by atoms with van der Waals surface area (Å²) < 4.78 is 0. The molecule has 2 rings (SSSR count). The summed E-state index contributed by atoms with van der Waals surface area (Å²) in [6.45, 7) is 0. The van der Waals surface area contributed by atoms with Crippen LogP contribution in [0.1, 0.15) is 12.8 Å². The molecule has 1 aromatic carbocycles. The Hall–Kier alpha value is -0.140. The average molecular weight is 184 g/mol. The van der Waals surface area contributed by atoms with Gasteiger partial charge in [-0.2, -0.15) is 0 Å². The molecule has 0 N–H and O–H groups in total. The van der Waals surface area contributed by atoms with Crippen LogP contribution in [0.15, 0.2) is 23.1 Å². The van der Waals surface area contributed by atoms with Crippen molar-refractivity contribution >= 4 is 23.4 Å². The molecule has 0 spiro atoms. The van der Waals surface area contributed by atoms with Gasteiger partial charge in [-0.15, -0.1) is 11.8 Å². The minimum atomic E-state index is 0.829. The highest BCUT2D eigenvalue weighted by Gasteiger charge is 2.23. The Balaban J connectivity index is 2.15. The highest BCUT2D eigenvalue weighted by atomic mass is 35.5. The van der Waals surface area contributed by atoms with Crippen molar-refractivity contribution in [1.82, 2.24) is 0 Å². The summed E-state index contributed by atoms with van der Waals surface area (Å²) in [5.41, 5.74) is 0. The van der Waals surface area contributed by atoms with Crippen LogP contribution < -0.4 is 0 Å². The standard InChI is InChI=1S/C9H8ClS/c10-8-3-1-2-4-9(8)11-7-5-6-7/h2-4,7H,5-6H2.